The fourth-order valence-electron chi connectivity index (χ4n) is 1.74. The van der Waals surface area contributed by atoms with Gasteiger partial charge < -0.3 is 10.4 Å². The average Bonchev–Trinajstić information content (AvgIpc) is 2.40. The maximum Gasteiger partial charge on any atom is 0.252 e. The first-order chi connectivity index (χ1) is 9.08. The van der Waals surface area contributed by atoms with E-state index in [-0.39, 0.29) is 11.7 Å². The van der Waals surface area contributed by atoms with Crippen LogP contribution in [0.5, 0.6) is 5.75 Å². The molecule has 2 rings (SSSR count). The minimum atomic E-state index is -0.168. The fraction of sp³-hybridized carbons (Fsp3) is 0.133. The Morgan fingerprint density at radius 1 is 1.26 bits per heavy atom. The quantitative estimate of drug-likeness (QED) is 0.911. The molecule has 2 aromatic rings. The number of nitrogens with one attached hydrogen (secondary N) is 1. The second kappa shape index (κ2) is 5.89. The van der Waals surface area contributed by atoms with Gasteiger partial charge in [0.05, 0.1) is 5.56 Å². The minimum absolute atomic E-state index is 0.168. The highest BCUT2D eigenvalue weighted by atomic mass is 79.9. The third-order valence-electron chi connectivity index (χ3n) is 2.80. The molecule has 0 bridgehead atoms. The molecule has 0 fully saturated rings. The van der Waals surface area contributed by atoms with Gasteiger partial charge in [0.15, 0.2) is 0 Å². The van der Waals surface area contributed by atoms with E-state index in [4.69, 9.17) is 0 Å². The standard InChI is InChI=1S/C15H14BrNO2/c1-10-6-7-13(16)12(8-10)15(19)17-9-11-4-2-3-5-14(11)18/h2-8,18H,9H2,1H3,(H,17,19). The molecule has 0 radical (unpaired) electrons. The van der Waals surface area contributed by atoms with Crippen LogP contribution in [0.4, 0.5) is 0 Å². The second-order valence-corrected chi connectivity index (χ2v) is 5.15. The van der Waals surface area contributed by atoms with Crippen molar-refractivity contribution in [3.05, 3.63) is 63.6 Å². The number of carbonyl (C=O) groups excluding carboxylic acids is 1. The molecular formula is C15H14BrNO2. The molecule has 0 aliphatic heterocycles. The summed E-state index contributed by atoms with van der Waals surface area (Å²) in [5.74, 6) is 0.0185. The zero-order valence-electron chi connectivity index (χ0n) is 10.5. The van der Waals surface area contributed by atoms with Crippen molar-refractivity contribution in [1.82, 2.24) is 5.32 Å². The Balaban J connectivity index is 2.10. The summed E-state index contributed by atoms with van der Waals surface area (Å²) in [4.78, 5) is 12.1. The lowest BCUT2D eigenvalue weighted by molar-refractivity contribution is 0.0950. The Bertz CT molecular complexity index is 611. The lowest BCUT2D eigenvalue weighted by Crippen LogP contribution is -2.23. The van der Waals surface area contributed by atoms with Gasteiger partial charge in [0.25, 0.3) is 5.91 Å². The van der Waals surface area contributed by atoms with E-state index in [9.17, 15) is 9.90 Å². The predicted octanol–water partition coefficient (Wildman–Crippen LogP) is 3.39. The summed E-state index contributed by atoms with van der Waals surface area (Å²) in [6.07, 6.45) is 0. The molecule has 0 aliphatic rings. The molecule has 0 unspecified atom stereocenters. The molecule has 0 aliphatic carbocycles. The first-order valence-corrected chi connectivity index (χ1v) is 6.68. The molecule has 2 N–H and O–H groups in total. The van der Waals surface area contributed by atoms with E-state index in [1.165, 1.54) is 0 Å². The highest BCUT2D eigenvalue weighted by molar-refractivity contribution is 9.10. The SMILES string of the molecule is Cc1ccc(Br)c(C(=O)NCc2ccccc2O)c1. The summed E-state index contributed by atoms with van der Waals surface area (Å²) >= 11 is 3.36. The van der Waals surface area contributed by atoms with Gasteiger partial charge in [0.1, 0.15) is 5.75 Å². The van der Waals surface area contributed by atoms with Crippen LogP contribution in [0.1, 0.15) is 21.5 Å². The molecule has 0 saturated heterocycles. The van der Waals surface area contributed by atoms with Gasteiger partial charge in [-0.3, -0.25) is 4.79 Å². The van der Waals surface area contributed by atoms with Crippen molar-refractivity contribution in [3.63, 3.8) is 0 Å². The Morgan fingerprint density at radius 3 is 2.74 bits per heavy atom. The van der Waals surface area contributed by atoms with Crippen LogP contribution in [0.2, 0.25) is 0 Å². The maximum atomic E-state index is 12.1. The molecule has 19 heavy (non-hydrogen) atoms. The van der Waals surface area contributed by atoms with Gasteiger partial charge in [-0.25, -0.2) is 0 Å². The zero-order valence-corrected chi connectivity index (χ0v) is 12.1. The number of phenolic OH excluding ortho intramolecular Hbond substituents is 1. The minimum Gasteiger partial charge on any atom is -0.508 e. The third kappa shape index (κ3) is 3.35. The topological polar surface area (TPSA) is 49.3 Å². The summed E-state index contributed by atoms with van der Waals surface area (Å²) in [7, 11) is 0. The van der Waals surface area contributed by atoms with Gasteiger partial charge in [0.2, 0.25) is 0 Å². The van der Waals surface area contributed by atoms with Crippen molar-refractivity contribution >= 4 is 21.8 Å². The number of benzene rings is 2. The smallest absolute Gasteiger partial charge is 0.252 e. The summed E-state index contributed by atoms with van der Waals surface area (Å²) in [5.41, 5.74) is 2.31. The monoisotopic (exact) mass is 319 g/mol. The molecule has 0 atom stereocenters. The number of aryl methyl sites for hydroxylation is 1. The highest BCUT2D eigenvalue weighted by Gasteiger charge is 2.10. The van der Waals surface area contributed by atoms with E-state index in [1.807, 2.05) is 31.2 Å². The third-order valence-corrected chi connectivity index (χ3v) is 3.49. The van der Waals surface area contributed by atoms with E-state index in [0.717, 1.165) is 10.0 Å². The number of halogens is 1. The normalized spacial score (nSPS) is 10.2. The molecule has 4 heteroatoms. The van der Waals surface area contributed by atoms with Gasteiger partial charge in [0, 0.05) is 16.6 Å². The average molecular weight is 320 g/mol. The number of para-hydroxylation sites is 1. The zero-order chi connectivity index (χ0) is 13.8. The van der Waals surface area contributed by atoms with Crippen molar-refractivity contribution in [1.29, 1.82) is 0 Å². The van der Waals surface area contributed by atoms with Crippen molar-refractivity contribution in [3.8, 4) is 5.75 Å². The molecule has 0 spiro atoms. The Kier molecular flexibility index (Phi) is 4.22. The fourth-order valence-corrected chi connectivity index (χ4v) is 2.17. The lowest BCUT2D eigenvalue weighted by atomic mass is 10.1. The van der Waals surface area contributed by atoms with Crippen molar-refractivity contribution in [2.24, 2.45) is 0 Å². The Labute approximate surface area is 120 Å². The summed E-state index contributed by atoms with van der Waals surface area (Å²) < 4.78 is 0.757. The number of aromatic hydroxyl groups is 1. The van der Waals surface area contributed by atoms with Gasteiger partial charge in [-0.05, 0) is 41.1 Å². The van der Waals surface area contributed by atoms with Crippen LogP contribution in [-0.2, 0) is 6.54 Å². The second-order valence-electron chi connectivity index (χ2n) is 4.29. The van der Waals surface area contributed by atoms with E-state index in [2.05, 4.69) is 21.2 Å². The lowest BCUT2D eigenvalue weighted by Gasteiger charge is -2.09. The number of carbonyl (C=O) groups is 1. The van der Waals surface area contributed by atoms with Crippen LogP contribution in [0.15, 0.2) is 46.9 Å². The molecule has 2 aromatic carbocycles. The first kappa shape index (κ1) is 13.6. The molecule has 0 saturated carbocycles. The molecule has 0 heterocycles. The molecular weight excluding hydrogens is 306 g/mol. The number of rotatable bonds is 3. The van der Waals surface area contributed by atoms with Crippen LogP contribution in [0.3, 0.4) is 0 Å². The van der Waals surface area contributed by atoms with Crippen LogP contribution < -0.4 is 5.32 Å². The largest absolute Gasteiger partial charge is 0.508 e. The highest BCUT2D eigenvalue weighted by Crippen LogP contribution is 2.19. The van der Waals surface area contributed by atoms with Crippen LogP contribution in [-0.4, -0.2) is 11.0 Å². The summed E-state index contributed by atoms with van der Waals surface area (Å²) in [6.45, 7) is 2.23. The van der Waals surface area contributed by atoms with E-state index in [1.54, 1.807) is 18.2 Å². The van der Waals surface area contributed by atoms with E-state index in [0.29, 0.717) is 17.7 Å². The Hall–Kier alpha value is -1.81. The predicted molar refractivity (Wildman–Crippen MR) is 78.2 cm³/mol. The number of phenols is 1. The van der Waals surface area contributed by atoms with Gasteiger partial charge >= 0.3 is 0 Å². The van der Waals surface area contributed by atoms with Crippen molar-refractivity contribution in [2.75, 3.05) is 0 Å². The summed E-state index contributed by atoms with van der Waals surface area (Å²) in [6, 6.07) is 12.6. The molecule has 98 valence electrons. The molecule has 3 nitrogen and oxygen atoms in total. The Morgan fingerprint density at radius 2 is 2.00 bits per heavy atom. The number of hydrogen-bond donors (Lipinski definition) is 2. The van der Waals surface area contributed by atoms with Crippen LogP contribution in [0.25, 0.3) is 0 Å². The van der Waals surface area contributed by atoms with Crippen LogP contribution >= 0.6 is 15.9 Å². The van der Waals surface area contributed by atoms with Crippen molar-refractivity contribution < 1.29 is 9.90 Å². The van der Waals surface area contributed by atoms with Crippen LogP contribution in [0, 0.1) is 6.92 Å². The first-order valence-electron chi connectivity index (χ1n) is 5.89. The molecule has 0 aromatic heterocycles. The van der Waals surface area contributed by atoms with Gasteiger partial charge in [-0.2, -0.15) is 0 Å². The van der Waals surface area contributed by atoms with E-state index >= 15 is 0 Å². The molecule has 1 amide bonds. The number of hydrogen-bond acceptors (Lipinski definition) is 2. The van der Waals surface area contributed by atoms with Gasteiger partial charge in [-0.1, -0.05) is 29.8 Å². The van der Waals surface area contributed by atoms with E-state index < -0.39 is 0 Å². The van der Waals surface area contributed by atoms with Crippen molar-refractivity contribution in [2.45, 2.75) is 13.5 Å². The summed E-state index contributed by atoms with van der Waals surface area (Å²) in [5, 5.41) is 12.4. The maximum absolute atomic E-state index is 12.1. The van der Waals surface area contributed by atoms with Gasteiger partial charge in [-0.15, -0.1) is 0 Å². The number of amides is 1.